The van der Waals surface area contributed by atoms with Crippen LogP contribution in [0.2, 0.25) is 10.0 Å². The number of halogens is 2. The molecule has 0 unspecified atom stereocenters. The number of aryl methyl sites for hydroxylation is 1. The highest BCUT2D eigenvalue weighted by Crippen LogP contribution is 2.31. The summed E-state index contributed by atoms with van der Waals surface area (Å²) in [5, 5.41) is 3.88. The van der Waals surface area contributed by atoms with Crippen molar-refractivity contribution < 1.29 is 19.1 Å². The van der Waals surface area contributed by atoms with Gasteiger partial charge in [-0.2, -0.15) is 0 Å². The Balaban J connectivity index is 1.77. The van der Waals surface area contributed by atoms with Crippen molar-refractivity contribution in [1.29, 1.82) is 0 Å². The molecule has 0 bridgehead atoms. The third kappa shape index (κ3) is 6.55. The molecule has 3 rings (SSSR count). The van der Waals surface area contributed by atoms with E-state index in [1.807, 2.05) is 32.0 Å². The van der Waals surface area contributed by atoms with Crippen molar-refractivity contribution >= 4 is 35.0 Å². The lowest BCUT2D eigenvalue weighted by atomic mass is 10.1. The van der Waals surface area contributed by atoms with E-state index in [0.717, 1.165) is 12.0 Å². The molecule has 0 aliphatic carbocycles. The second kappa shape index (κ2) is 11.6. The van der Waals surface area contributed by atoms with Gasteiger partial charge in [-0.15, -0.1) is 0 Å². The lowest BCUT2D eigenvalue weighted by molar-refractivity contribution is -0.140. The monoisotopic (exact) mass is 492 g/mol. The number of carbonyl (C=O) groups is 2. The number of nitrogens with one attached hydrogen (secondary N) is 1. The molecular formula is C25H30Cl2N2O4. The van der Waals surface area contributed by atoms with E-state index in [-0.39, 0.29) is 30.8 Å². The Bertz CT molecular complexity index is 978. The van der Waals surface area contributed by atoms with Gasteiger partial charge in [0.1, 0.15) is 19.3 Å². The maximum Gasteiger partial charge on any atom is 0.242 e. The molecule has 0 saturated heterocycles. The van der Waals surface area contributed by atoms with E-state index in [1.165, 1.54) is 0 Å². The number of carbonyl (C=O) groups excluding carboxylic acids is 2. The Morgan fingerprint density at radius 1 is 1.06 bits per heavy atom. The van der Waals surface area contributed by atoms with Crippen LogP contribution < -0.4 is 14.8 Å². The Kier molecular flexibility index (Phi) is 8.87. The molecule has 0 spiro atoms. The van der Waals surface area contributed by atoms with Crippen molar-refractivity contribution in [2.75, 3.05) is 13.2 Å². The molecule has 0 saturated carbocycles. The SMILES string of the molecule is CC[C@H](C)NC(=O)[C@H](C)N(Cc1c(Cl)cccc1Cl)C(=O)CCc1ccc2c(c1)OCCO2. The smallest absolute Gasteiger partial charge is 0.242 e. The van der Waals surface area contributed by atoms with Crippen molar-refractivity contribution in [3.8, 4) is 11.5 Å². The van der Waals surface area contributed by atoms with Crippen LogP contribution in [0, 0.1) is 0 Å². The Morgan fingerprint density at radius 3 is 2.39 bits per heavy atom. The predicted octanol–water partition coefficient (Wildman–Crippen LogP) is 5.03. The van der Waals surface area contributed by atoms with Gasteiger partial charge in [0.15, 0.2) is 11.5 Å². The van der Waals surface area contributed by atoms with Crippen LogP contribution in [-0.4, -0.2) is 42.0 Å². The topological polar surface area (TPSA) is 67.9 Å². The molecule has 6 nitrogen and oxygen atoms in total. The quantitative estimate of drug-likeness (QED) is 0.532. The molecule has 1 heterocycles. The van der Waals surface area contributed by atoms with Gasteiger partial charge in [-0.05, 0) is 56.5 Å². The largest absolute Gasteiger partial charge is 0.486 e. The molecule has 2 aromatic carbocycles. The minimum Gasteiger partial charge on any atom is -0.486 e. The van der Waals surface area contributed by atoms with E-state index in [2.05, 4.69) is 5.32 Å². The summed E-state index contributed by atoms with van der Waals surface area (Å²) in [6, 6.07) is 10.2. The number of benzene rings is 2. The van der Waals surface area contributed by atoms with Crippen LogP contribution in [-0.2, 0) is 22.6 Å². The molecule has 1 N–H and O–H groups in total. The highest BCUT2D eigenvalue weighted by molar-refractivity contribution is 6.36. The lowest BCUT2D eigenvalue weighted by Crippen LogP contribution is -2.49. The van der Waals surface area contributed by atoms with E-state index >= 15 is 0 Å². The molecule has 2 atom stereocenters. The van der Waals surface area contributed by atoms with Gasteiger partial charge >= 0.3 is 0 Å². The maximum atomic E-state index is 13.3. The summed E-state index contributed by atoms with van der Waals surface area (Å²) in [5.74, 6) is 1.03. The van der Waals surface area contributed by atoms with Crippen molar-refractivity contribution in [1.82, 2.24) is 10.2 Å². The number of hydrogen-bond donors (Lipinski definition) is 1. The third-order valence-electron chi connectivity index (χ3n) is 5.79. The first-order chi connectivity index (χ1) is 15.8. The first kappa shape index (κ1) is 25.2. The van der Waals surface area contributed by atoms with Gasteiger partial charge in [-0.1, -0.05) is 42.3 Å². The molecule has 1 aliphatic rings. The molecule has 1 aliphatic heterocycles. The molecule has 0 radical (unpaired) electrons. The Morgan fingerprint density at radius 2 is 1.73 bits per heavy atom. The van der Waals surface area contributed by atoms with Gasteiger partial charge in [0, 0.05) is 34.6 Å². The number of ether oxygens (including phenoxy) is 2. The normalized spacial score (nSPS) is 14.3. The summed E-state index contributed by atoms with van der Waals surface area (Å²) in [7, 11) is 0. The highest BCUT2D eigenvalue weighted by atomic mass is 35.5. The van der Waals surface area contributed by atoms with Crippen LogP contribution >= 0.6 is 23.2 Å². The van der Waals surface area contributed by atoms with E-state index < -0.39 is 6.04 Å². The Hall–Kier alpha value is -2.44. The standard InChI is InChI=1S/C25H30Cl2N2O4/c1-4-16(2)28-25(31)17(3)29(15-19-20(26)6-5-7-21(19)27)24(30)11-9-18-8-10-22-23(14-18)33-13-12-32-22/h5-8,10,14,16-17H,4,9,11-13,15H2,1-3H3,(H,28,31)/t16-,17-/m0/s1. The first-order valence-electron chi connectivity index (χ1n) is 11.2. The van der Waals surface area contributed by atoms with E-state index in [1.54, 1.807) is 30.0 Å². The van der Waals surface area contributed by atoms with Gasteiger partial charge in [-0.25, -0.2) is 0 Å². The summed E-state index contributed by atoms with van der Waals surface area (Å²) in [6.07, 6.45) is 1.53. The van der Waals surface area contributed by atoms with Crippen molar-refractivity contribution in [2.24, 2.45) is 0 Å². The zero-order chi connectivity index (χ0) is 24.0. The summed E-state index contributed by atoms with van der Waals surface area (Å²) >= 11 is 12.7. The summed E-state index contributed by atoms with van der Waals surface area (Å²) in [4.78, 5) is 27.7. The molecule has 2 aromatic rings. The second-order valence-electron chi connectivity index (χ2n) is 8.19. The molecule has 0 aromatic heterocycles. The average Bonchev–Trinajstić information content (AvgIpc) is 2.81. The van der Waals surface area contributed by atoms with Gasteiger partial charge in [0.25, 0.3) is 0 Å². The van der Waals surface area contributed by atoms with Crippen molar-refractivity contribution in [3.63, 3.8) is 0 Å². The van der Waals surface area contributed by atoms with Gasteiger partial charge < -0.3 is 19.7 Å². The number of rotatable bonds is 9. The average molecular weight is 493 g/mol. The molecule has 8 heteroatoms. The zero-order valence-electron chi connectivity index (χ0n) is 19.2. The van der Waals surface area contributed by atoms with Crippen molar-refractivity contribution in [2.45, 2.75) is 58.7 Å². The predicted molar refractivity (Wildman–Crippen MR) is 130 cm³/mol. The fraction of sp³-hybridized carbons (Fsp3) is 0.440. The summed E-state index contributed by atoms with van der Waals surface area (Å²) < 4.78 is 11.2. The highest BCUT2D eigenvalue weighted by Gasteiger charge is 2.28. The van der Waals surface area contributed by atoms with Crippen LogP contribution in [0.4, 0.5) is 0 Å². The van der Waals surface area contributed by atoms with E-state index in [4.69, 9.17) is 32.7 Å². The van der Waals surface area contributed by atoms with Gasteiger partial charge in [0.2, 0.25) is 11.8 Å². The van der Waals surface area contributed by atoms with Gasteiger partial charge in [0.05, 0.1) is 0 Å². The molecule has 33 heavy (non-hydrogen) atoms. The summed E-state index contributed by atoms with van der Waals surface area (Å²) in [6.45, 7) is 6.84. The number of amides is 2. The maximum absolute atomic E-state index is 13.3. The third-order valence-corrected chi connectivity index (χ3v) is 6.50. The van der Waals surface area contributed by atoms with E-state index in [0.29, 0.717) is 46.7 Å². The lowest BCUT2D eigenvalue weighted by Gasteiger charge is -2.30. The van der Waals surface area contributed by atoms with Crippen LogP contribution in [0.5, 0.6) is 11.5 Å². The van der Waals surface area contributed by atoms with E-state index in [9.17, 15) is 9.59 Å². The molecule has 2 amide bonds. The minimum absolute atomic E-state index is 0.0125. The second-order valence-corrected chi connectivity index (χ2v) is 9.01. The van der Waals surface area contributed by atoms with Gasteiger partial charge in [-0.3, -0.25) is 9.59 Å². The zero-order valence-corrected chi connectivity index (χ0v) is 20.7. The summed E-state index contributed by atoms with van der Waals surface area (Å²) in [5.41, 5.74) is 1.58. The fourth-order valence-electron chi connectivity index (χ4n) is 3.54. The minimum atomic E-state index is -0.681. The molecular weight excluding hydrogens is 463 g/mol. The van der Waals surface area contributed by atoms with Crippen LogP contribution in [0.1, 0.15) is 44.7 Å². The Labute approximate surface area is 205 Å². The van der Waals surface area contributed by atoms with Crippen LogP contribution in [0.15, 0.2) is 36.4 Å². The number of nitrogens with zero attached hydrogens (tertiary/aromatic N) is 1. The first-order valence-corrected chi connectivity index (χ1v) is 12.0. The molecule has 0 fully saturated rings. The van der Waals surface area contributed by atoms with Crippen molar-refractivity contribution in [3.05, 3.63) is 57.6 Å². The number of hydrogen-bond acceptors (Lipinski definition) is 4. The van der Waals surface area contributed by atoms with Crippen LogP contribution in [0.25, 0.3) is 0 Å². The van der Waals surface area contributed by atoms with Crippen LogP contribution in [0.3, 0.4) is 0 Å². The fourth-order valence-corrected chi connectivity index (χ4v) is 4.06. The number of fused-ring (bicyclic) bond motifs is 1. The molecule has 178 valence electrons.